The Morgan fingerprint density at radius 1 is 0.405 bits per heavy atom. The van der Waals surface area contributed by atoms with Gasteiger partial charge in [0.2, 0.25) is 5.91 Å². The van der Waals surface area contributed by atoms with Crippen molar-refractivity contribution in [2.45, 2.75) is 389 Å². The van der Waals surface area contributed by atoms with Crippen LogP contribution in [0.25, 0.3) is 0 Å². The third-order valence-corrected chi connectivity index (χ3v) is 17.1. The predicted octanol–water partition coefficient (Wildman–Crippen LogP) is 12.8. The highest BCUT2D eigenvalue weighted by atomic mass is 16.7. The maximum Gasteiger partial charge on any atom is 0.220 e. The van der Waals surface area contributed by atoms with Crippen LogP contribution in [0.1, 0.15) is 316 Å². The third kappa shape index (κ3) is 36.4. The fourth-order valence-electron chi connectivity index (χ4n) is 11.7. The van der Waals surface area contributed by atoms with E-state index in [-0.39, 0.29) is 12.5 Å². The summed E-state index contributed by atoms with van der Waals surface area (Å²) >= 11 is 0. The zero-order valence-corrected chi connectivity index (χ0v) is 50.9. The molecule has 0 radical (unpaired) electrons. The van der Waals surface area contributed by atoms with E-state index >= 15 is 0 Å². The standard InChI is InChI=1S/C65H127NO13/c1-3-5-7-9-11-13-15-17-19-21-23-24-25-26-27-28-29-30-31-33-35-37-39-41-43-45-47-49-57(70)66-53(54(69)48-46-44-42-40-38-36-34-32-22-20-18-16-14-12-10-8-6-4-2)52-76-64-62(75)60(73)63(56(51-68)78-64)79-65-61(74)59(72)58(71)55(50-67)77-65/h53-56,58-65,67-69,71-75H,3-52H2,1-2H3,(H,66,70). The fraction of sp³-hybridized carbons (Fsp3) is 0.985. The van der Waals surface area contributed by atoms with Crippen molar-refractivity contribution >= 4 is 5.91 Å². The Bertz CT molecular complexity index is 1330. The summed E-state index contributed by atoms with van der Waals surface area (Å²) in [5.41, 5.74) is 0. The number of carbonyl (C=O) groups excluding carboxylic acids is 1. The number of aliphatic hydroxyl groups excluding tert-OH is 8. The molecule has 12 unspecified atom stereocenters. The molecule has 14 heteroatoms. The first-order valence-corrected chi connectivity index (χ1v) is 33.8. The van der Waals surface area contributed by atoms with E-state index < -0.39 is 86.8 Å². The maximum atomic E-state index is 13.3. The molecule has 2 aliphatic heterocycles. The second-order valence-electron chi connectivity index (χ2n) is 24.3. The maximum absolute atomic E-state index is 13.3. The Hall–Kier alpha value is -1.01. The molecule has 0 aromatic carbocycles. The number of amides is 1. The second kappa shape index (κ2) is 51.4. The Morgan fingerprint density at radius 3 is 1.08 bits per heavy atom. The predicted molar refractivity (Wildman–Crippen MR) is 319 cm³/mol. The summed E-state index contributed by atoms with van der Waals surface area (Å²) in [5, 5.41) is 87.5. The molecule has 0 saturated carbocycles. The zero-order valence-electron chi connectivity index (χ0n) is 50.9. The van der Waals surface area contributed by atoms with E-state index in [0.717, 1.165) is 51.4 Å². The molecule has 1 amide bonds. The van der Waals surface area contributed by atoms with Crippen LogP contribution >= 0.6 is 0 Å². The summed E-state index contributed by atoms with van der Waals surface area (Å²) in [7, 11) is 0. The second-order valence-corrected chi connectivity index (χ2v) is 24.3. The van der Waals surface area contributed by atoms with Crippen molar-refractivity contribution in [1.29, 1.82) is 0 Å². The van der Waals surface area contributed by atoms with Crippen LogP contribution in [0.4, 0.5) is 0 Å². The molecule has 2 aliphatic rings. The van der Waals surface area contributed by atoms with Gasteiger partial charge in [-0.3, -0.25) is 4.79 Å². The molecule has 470 valence electrons. The van der Waals surface area contributed by atoms with Gasteiger partial charge in [0, 0.05) is 6.42 Å². The average Bonchev–Trinajstić information content (AvgIpc) is 3.46. The van der Waals surface area contributed by atoms with E-state index in [4.69, 9.17) is 18.9 Å². The Balaban J connectivity index is 1.67. The van der Waals surface area contributed by atoms with Crippen molar-refractivity contribution < 1.29 is 64.6 Å². The molecule has 0 aromatic heterocycles. The molecule has 0 aliphatic carbocycles. The number of hydrogen-bond acceptors (Lipinski definition) is 13. The van der Waals surface area contributed by atoms with Crippen LogP contribution in [-0.4, -0.2) is 140 Å². The Labute approximate surface area is 483 Å². The smallest absolute Gasteiger partial charge is 0.220 e. The van der Waals surface area contributed by atoms with Gasteiger partial charge in [-0.15, -0.1) is 0 Å². The summed E-state index contributed by atoms with van der Waals surface area (Å²) in [4.78, 5) is 13.3. The quantitative estimate of drug-likeness (QED) is 0.0259. The summed E-state index contributed by atoms with van der Waals surface area (Å²) in [6.45, 7) is 2.92. The molecule has 2 rings (SSSR count). The highest BCUT2D eigenvalue weighted by Gasteiger charge is 2.51. The van der Waals surface area contributed by atoms with E-state index in [1.807, 2.05) is 0 Å². The first kappa shape index (κ1) is 74.1. The SMILES string of the molecule is CCCCCCCCCCCCCCCCCCCCCCCCCCCCCC(=O)NC(COC1OC(CO)C(OC2OC(CO)C(O)C(O)C2O)C(O)C1O)C(O)CCCCCCCCCCCCCCCCCCCC. The van der Waals surface area contributed by atoms with Gasteiger partial charge in [-0.05, 0) is 12.8 Å². The summed E-state index contributed by atoms with van der Waals surface area (Å²) in [6, 6.07) is -0.823. The molecule has 0 aromatic rings. The van der Waals surface area contributed by atoms with Crippen LogP contribution in [0.15, 0.2) is 0 Å². The molecule has 0 spiro atoms. The summed E-state index contributed by atoms with van der Waals surface area (Å²) < 4.78 is 22.9. The number of unbranched alkanes of at least 4 members (excludes halogenated alkanes) is 43. The highest BCUT2D eigenvalue weighted by Crippen LogP contribution is 2.30. The lowest BCUT2D eigenvalue weighted by Gasteiger charge is -2.46. The van der Waals surface area contributed by atoms with E-state index in [1.54, 1.807) is 0 Å². The van der Waals surface area contributed by atoms with Crippen molar-refractivity contribution in [2.24, 2.45) is 0 Å². The lowest BCUT2D eigenvalue weighted by atomic mass is 9.97. The van der Waals surface area contributed by atoms with E-state index in [0.29, 0.717) is 12.8 Å². The molecular weight excluding hydrogens is 1000 g/mol. The average molecular weight is 1130 g/mol. The molecule has 0 bridgehead atoms. The lowest BCUT2D eigenvalue weighted by molar-refractivity contribution is -0.359. The van der Waals surface area contributed by atoms with Gasteiger partial charge in [-0.1, -0.05) is 296 Å². The highest BCUT2D eigenvalue weighted by molar-refractivity contribution is 5.76. The number of rotatable bonds is 56. The van der Waals surface area contributed by atoms with E-state index in [9.17, 15) is 45.6 Å². The van der Waals surface area contributed by atoms with Crippen LogP contribution in [0, 0.1) is 0 Å². The first-order chi connectivity index (χ1) is 38.6. The summed E-state index contributed by atoms with van der Waals surface area (Å²) in [5.74, 6) is -0.198. The lowest BCUT2D eigenvalue weighted by Crippen LogP contribution is -2.65. The molecule has 2 fully saturated rings. The van der Waals surface area contributed by atoms with E-state index in [2.05, 4.69) is 19.2 Å². The monoisotopic (exact) mass is 1130 g/mol. The number of carbonyl (C=O) groups is 1. The third-order valence-electron chi connectivity index (χ3n) is 17.1. The molecule has 79 heavy (non-hydrogen) atoms. The van der Waals surface area contributed by atoms with Gasteiger partial charge in [0.25, 0.3) is 0 Å². The van der Waals surface area contributed by atoms with Gasteiger partial charge in [-0.25, -0.2) is 0 Å². The van der Waals surface area contributed by atoms with Gasteiger partial charge in [0.05, 0.1) is 32.0 Å². The minimum absolute atomic E-state index is 0.198. The van der Waals surface area contributed by atoms with Crippen LogP contribution < -0.4 is 5.32 Å². The van der Waals surface area contributed by atoms with Gasteiger partial charge in [0.15, 0.2) is 12.6 Å². The Kier molecular flexibility index (Phi) is 48.2. The summed E-state index contributed by atoms with van der Waals surface area (Å²) in [6.07, 6.45) is 42.6. The van der Waals surface area contributed by atoms with Crippen LogP contribution in [0.2, 0.25) is 0 Å². The fourth-order valence-corrected chi connectivity index (χ4v) is 11.7. The van der Waals surface area contributed by atoms with Crippen LogP contribution in [0.3, 0.4) is 0 Å². The van der Waals surface area contributed by atoms with Crippen molar-refractivity contribution in [3.05, 3.63) is 0 Å². The zero-order chi connectivity index (χ0) is 57.4. The normalized spacial score (nSPS) is 24.3. The van der Waals surface area contributed by atoms with Crippen LogP contribution in [-0.2, 0) is 23.7 Å². The minimum Gasteiger partial charge on any atom is -0.394 e. The Morgan fingerprint density at radius 2 is 0.722 bits per heavy atom. The molecule has 9 N–H and O–H groups in total. The molecule has 14 nitrogen and oxygen atoms in total. The van der Waals surface area contributed by atoms with Crippen LogP contribution in [0.5, 0.6) is 0 Å². The van der Waals surface area contributed by atoms with E-state index in [1.165, 1.54) is 238 Å². The minimum atomic E-state index is -1.78. The number of hydrogen-bond donors (Lipinski definition) is 9. The molecule has 2 heterocycles. The number of ether oxygens (including phenoxy) is 4. The van der Waals surface area contributed by atoms with Gasteiger partial charge >= 0.3 is 0 Å². The topological polar surface area (TPSA) is 228 Å². The van der Waals surface area contributed by atoms with Gasteiger partial charge in [0.1, 0.15) is 48.8 Å². The molecule has 2 saturated heterocycles. The first-order valence-electron chi connectivity index (χ1n) is 33.8. The van der Waals surface area contributed by atoms with Gasteiger partial charge < -0.3 is 65.1 Å². The number of aliphatic hydroxyl groups is 8. The van der Waals surface area contributed by atoms with Crippen molar-refractivity contribution in [2.75, 3.05) is 19.8 Å². The van der Waals surface area contributed by atoms with Crippen molar-refractivity contribution in [1.82, 2.24) is 5.32 Å². The van der Waals surface area contributed by atoms with Crippen molar-refractivity contribution in [3.63, 3.8) is 0 Å². The largest absolute Gasteiger partial charge is 0.394 e. The molecule has 12 atom stereocenters. The number of nitrogens with one attached hydrogen (secondary N) is 1. The van der Waals surface area contributed by atoms with Crippen molar-refractivity contribution in [3.8, 4) is 0 Å². The van der Waals surface area contributed by atoms with Gasteiger partial charge in [-0.2, -0.15) is 0 Å². The molecular formula is C65H127NO13.